The van der Waals surface area contributed by atoms with E-state index in [1.165, 1.54) is 0 Å². The number of halogens is 1. The molecule has 0 unspecified atom stereocenters. The molecule has 0 saturated carbocycles. The molecule has 0 saturated heterocycles. The lowest BCUT2D eigenvalue weighted by atomic mass is 10.3. The predicted molar refractivity (Wildman–Crippen MR) is 74.9 cm³/mol. The third-order valence-corrected chi connectivity index (χ3v) is 3.96. The number of nitrogens with one attached hydrogen (secondary N) is 1. The number of allylic oxidation sites excluding steroid dienone is 1. The standard InChI is InChI=1S/C12H13BrN2OS/c1-3-10(14-16)7-15-8(2)17-12-6-9(13)4-5-11(12)15/h4-7,14,16H,2-3H2,1H3/b10-7+. The molecule has 5 heteroatoms. The SMILES string of the molecule is C=C1Sc2cc(Br)ccc2N1/C=C(\CC)NO. The number of rotatable bonds is 3. The van der Waals surface area contributed by atoms with E-state index in [1.54, 1.807) is 11.8 Å². The molecule has 1 aliphatic rings. The fraction of sp³-hybridized carbons (Fsp3) is 0.167. The fourth-order valence-electron chi connectivity index (χ4n) is 1.58. The Morgan fingerprint density at radius 2 is 2.41 bits per heavy atom. The first-order valence-electron chi connectivity index (χ1n) is 5.22. The third kappa shape index (κ3) is 2.51. The Hall–Kier alpha value is -0.910. The van der Waals surface area contributed by atoms with Gasteiger partial charge in [-0.15, -0.1) is 0 Å². The molecule has 3 nitrogen and oxygen atoms in total. The molecule has 0 aromatic heterocycles. The largest absolute Gasteiger partial charge is 0.309 e. The summed E-state index contributed by atoms with van der Waals surface area (Å²) in [6.07, 6.45) is 2.60. The highest BCUT2D eigenvalue weighted by Gasteiger charge is 2.22. The zero-order valence-electron chi connectivity index (χ0n) is 9.40. The number of hydrogen-bond donors (Lipinski definition) is 2. The van der Waals surface area contributed by atoms with E-state index in [-0.39, 0.29) is 0 Å². The van der Waals surface area contributed by atoms with Crippen molar-refractivity contribution in [3.05, 3.63) is 46.2 Å². The lowest BCUT2D eigenvalue weighted by molar-refractivity contribution is 0.196. The van der Waals surface area contributed by atoms with Crippen molar-refractivity contribution in [2.45, 2.75) is 18.2 Å². The third-order valence-electron chi connectivity index (χ3n) is 2.49. The summed E-state index contributed by atoms with van der Waals surface area (Å²) in [6.45, 7) is 6.00. The Balaban J connectivity index is 2.38. The summed E-state index contributed by atoms with van der Waals surface area (Å²) in [7, 11) is 0. The maximum absolute atomic E-state index is 8.98. The van der Waals surface area contributed by atoms with Gasteiger partial charge < -0.3 is 4.90 Å². The van der Waals surface area contributed by atoms with Crippen LogP contribution in [0.1, 0.15) is 13.3 Å². The molecule has 90 valence electrons. The minimum Gasteiger partial charge on any atom is -0.309 e. The monoisotopic (exact) mass is 312 g/mol. The lowest BCUT2D eigenvalue weighted by Gasteiger charge is -2.16. The number of fused-ring (bicyclic) bond motifs is 1. The van der Waals surface area contributed by atoms with Crippen LogP contribution in [0.4, 0.5) is 5.69 Å². The summed E-state index contributed by atoms with van der Waals surface area (Å²) >= 11 is 5.08. The predicted octanol–water partition coefficient (Wildman–Crippen LogP) is 4.06. The van der Waals surface area contributed by atoms with E-state index in [4.69, 9.17) is 5.21 Å². The first-order valence-corrected chi connectivity index (χ1v) is 6.83. The van der Waals surface area contributed by atoms with Gasteiger partial charge in [0.2, 0.25) is 0 Å². The van der Waals surface area contributed by atoms with Crippen LogP contribution in [0, 0.1) is 0 Å². The molecular formula is C12H13BrN2OS. The number of benzene rings is 1. The van der Waals surface area contributed by atoms with Crippen molar-refractivity contribution < 1.29 is 5.21 Å². The number of hydroxylamine groups is 1. The van der Waals surface area contributed by atoms with Gasteiger partial charge in [-0.3, -0.25) is 10.7 Å². The summed E-state index contributed by atoms with van der Waals surface area (Å²) < 4.78 is 1.05. The fourth-order valence-corrected chi connectivity index (χ4v) is 3.05. The highest BCUT2D eigenvalue weighted by Crippen LogP contribution is 2.46. The maximum atomic E-state index is 8.98. The Labute approximate surface area is 113 Å². The molecule has 1 heterocycles. The van der Waals surface area contributed by atoms with Crippen LogP contribution >= 0.6 is 27.7 Å². The molecule has 0 atom stereocenters. The van der Waals surface area contributed by atoms with Gasteiger partial charge in [-0.1, -0.05) is 41.2 Å². The molecular weight excluding hydrogens is 300 g/mol. The Kier molecular flexibility index (Phi) is 3.81. The Bertz CT molecular complexity index is 481. The minimum atomic E-state index is 0.733. The van der Waals surface area contributed by atoms with E-state index in [1.807, 2.05) is 30.2 Å². The van der Waals surface area contributed by atoms with Crippen molar-refractivity contribution >= 4 is 33.4 Å². The van der Waals surface area contributed by atoms with Crippen molar-refractivity contribution in [3.63, 3.8) is 0 Å². The number of nitrogens with zero attached hydrogens (tertiary/aromatic N) is 1. The second-order valence-electron chi connectivity index (χ2n) is 3.60. The van der Waals surface area contributed by atoms with E-state index < -0.39 is 0 Å². The highest BCUT2D eigenvalue weighted by atomic mass is 79.9. The van der Waals surface area contributed by atoms with Crippen LogP contribution in [0.25, 0.3) is 0 Å². The van der Waals surface area contributed by atoms with Gasteiger partial charge in [-0.05, 0) is 24.6 Å². The average Bonchev–Trinajstić information content (AvgIpc) is 2.61. The Morgan fingerprint density at radius 1 is 1.65 bits per heavy atom. The van der Waals surface area contributed by atoms with Crippen LogP contribution in [-0.4, -0.2) is 5.21 Å². The van der Waals surface area contributed by atoms with Gasteiger partial charge in [0.15, 0.2) is 0 Å². The highest BCUT2D eigenvalue weighted by molar-refractivity contribution is 9.10. The lowest BCUT2D eigenvalue weighted by Crippen LogP contribution is -2.14. The number of anilines is 1. The molecule has 1 aliphatic heterocycles. The first kappa shape index (κ1) is 12.5. The topological polar surface area (TPSA) is 35.5 Å². The molecule has 0 amide bonds. The van der Waals surface area contributed by atoms with Crippen LogP contribution < -0.4 is 10.4 Å². The van der Waals surface area contributed by atoms with Gasteiger partial charge in [0, 0.05) is 15.6 Å². The molecule has 17 heavy (non-hydrogen) atoms. The van der Waals surface area contributed by atoms with Crippen molar-refractivity contribution in [2.24, 2.45) is 0 Å². The summed E-state index contributed by atoms with van der Waals surface area (Å²) in [5.74, 6) is 0. The van der Waals surface area contributed by atoms with Gasteiger partial charge in [0.1, 0.15) is 0 Å². The quantitative estimate of drug-likeness (QED) is 0.825. The summed E-state index contributed by atoms with van der Waals surface area (Å²) in [5, 5.41) is 9.91. The van der Waals surface area contributed by atoms with E-state index in [0.717, 1.165) is 32.2 Å². The van der Waals surface area contributed by atoms with E-state index in [9.17, 15) is 0 Å². The zero-order chi connectivity index (χ0) is 12.4. The molecule has 2 N–H and O–H groups in total. The Morgan fingerprint density at radius 3 is 3.06 bits per heavy atom. The van der Waals surface area contributed by atoms with Gasteiger partial charge in [0.25, 0.3) is 0 Å². The molecule has 0 bridgehead atoms. The van der Waals surface area contributed by atoms with Gasteiger partial charge in [-0.2, -0.15) is 0 Å². The molecule has 0 aliphatic carbocycles. The summed E-state index contributed by atoms with van der Waals surface area (Å²) in [6, 6.07) is 6.10. The van der Waals surface area contributed by atoms with Crippen LogP contribution in [0.3, 0.4) is 0 Å². The smallest absolute Gasteiger partial charge is 0.0770 e. The van der Waals surface area contributed by atoms with Crippen molar-refractivity contribution in [3.8, 4) is 0 Å². The van der Waals surface area contributed by atoms with Crippen LogP contribution in [0.2, 0.25) is 0 Å². The van der Waals surface area contributed by atoms with Crippen LogP contribution in [0.15, 0.2) is 51.1 Å². The number of thioether (sulfide) groups is 1. The van der Waals surface area contributed by atoms with Gasteiger partial charge in [-0.25, -0.2) is 0 Å². The van der Waals surface area contributed by atoms with E-state index in [2.05, 4.69) is 34.1 Å². The van der Waals surface area contributed by atoms with Crippen molar-refractivity contribution in [2.75, 3.05) is 4.90 Å². The molecule has 0 radical (unpaired) electrons. The second kappa shape index (κ2) is 5.16. The normalized spacial score (nSPS) is 15.1. The zero-order valence-corrected chi connectivity index (χ0v) is 11.8. The van der Waals surface area contributed by atoms with Gasteiger partial charge in [0.05, 0.1) is 16.4 Å². The first-order chi connectivity index (χ1) is 8.15. The minimum absolute atomic E-state index is 0.733. The van der Waals surface area contributed by atoms with Crippen LogP contribution in [0.5, 0.6) is 0 Å². The van der Waals surface area contributed by atoms with Gasteiger partial charge >= 0.3 is 0 Å². The van der Waals surface area contributed by atoms with E-state index >= 15 is 0 Å². The molecule has 1 aromatic rings. The summed E-state index contributed by atoms with van der Waals surface area (Å²) in [5.41, 5.74) is 4.04. The van der Waals surface area contributed by atoms with Crippen molar-refractivity contribution in [1.29, 1.82) is 0 Å². The second-order valence-corrected chi connectivity index (χ2v) is 5.63. The number of hydrogen-bond acceptors (Lipinski definition) is 4. The molecule has 1 aromatic carbocycles. The molecule has 0 spiro atoms. The average molecular weight is 313 g/mol. The van der Waals surface area contributed by atoms with Crippen molar-refractivity contribution in [1.82, 2.24) is 5.48 Å². The van der Waals surface area contributed by atoms with Crippen LogP contribution in [-0.2, 0) is 0 Å². The molecule has 0 fully saturated rings. The molecule has 2 rings (SSSR count). The summed E-state index contributed by atoms with van der Waals surface area (Å²) in [4.78, 5) is 3.14. The van der Waals surface area contributed by atoms with E-state index in [0.29, 0.717) is 0 Å². The maximum Gasteiger partial charge on any atom is 0.0770 e.